The topological polar surface area (TPSA) is 60.8 Å². The first kappa shape index (κ1) is 20.3. The van der Waals surface area contributed by atoms with Gasteiger partial charge in [-0.2, -0.15) is 0 Å². The third kappa shape index (κ3) is 4.31. The molecule has 4 aromatic rings. The highest BCUT2D eigenvalue weighted by atomic mass is 16.5. The molecule has 3 aromatic carbocycles. The van der Waals surface area contributed by atoms with Crippen LogP contribution in [-0.4, -0.2) is 31.4 Å². The first-order valence-electron chi connectivity index (χ1n) is 9.79. The lowest BCUT2D eigenvalue weighted by Crippen LogP contribution is -1.93. The Balaban J connectivity index is 1.92. The minimum absolute atomic E-state index is 0.0985. The Morgan fingerprint density at radius 1 is 0.581 bits per heavy atom. The van der Waals surface area contributed by atoms with E-state index < -0.39 is 0 Å². The van der Waals surface area contributed by atoms with E-state index in [0.717, 1.165) is 45.1 Å². The molecular formula is C26H23NO4. The number of aromatic nitrogens is 1. The third-order valence-electron chi connectivity index (χ3n) is 5.07. The number of hydrogen-bond acceptors (Lipinski definition) is 5. The number of methoxy groups -OCH3 is 3. The van der Waals surface area contributed by atoms with Crippen molar-refractivity contribution in [1.82, 2.24) is 4.98 Å². The molecule has 0 aliphatic carbocycles. The number of nitrogens with zero attached hydrogens (tertiary/aromatic N) is 1. The summed E-state index contributed by atoms with van der Waals surface area (Å²) in [4.78, 5) is 4.92. The largest absolute Gasteiger partial charge is 0.504 e. The van der Waals surface area contributed by atoms with Crippen molar-refractivity contribution in [3.63, 3.8) is 0 Å². The third-order valence-corrected chi connectivity index (χ3v) is 5.07. The molecule has 4 rings (SSSR count). The van der Waals surface area contributed by atoms with Crippen molar-refractivity contribution in [2.45, 2.75) is 0 Å². The van der Waals surface area contributed by atoms with Gasteiger partial charge >= 0.3 is 0 Å². The minimum Gasteiger partial charge on any atom is -0.504 e. The van der Waals surface area contributed by atoms with Gasteiger partial charge < -0.3 is 19.3 Å². The first-order chi connectivity index (χ1) is 15.1. The van der Waals surface area contributed by atoms with Gasteiger partial charge in [0, 0.05) is 11.1 Å². The SMILES string of the molecule is COc1cccc(-c2cc(-c3ccc(O)c(OC)c3)cc(-c3cccc(OC)c3)n2)c1. The summed E-state index contributed by atoms with van der Waals surface area (Å²) in [6.45, 7) is 0. The summed E-state index contributed by atoms with van der Waals surface area (Å²) >= 11 is 0. The molecule has 1 heterocycles. The summed E-state index contributed by atoms with van der Waals surface area (Å²) in [7, 11) is 4.83. The summed E-state index contributed by atoms with van der Waals surface area (Å²) in [6, 6.07) is 24.9. The van der Waals surface area contributed by atoms with Crippen molar-refractivity contribution >= 4 is 0 Å². The molecule has 0 saturated heterocycles. The predicted octanol–water partition coefficient (Wildman–Crippen LogP) is 5.81. The molecule has 0 spiro atoms. The van der Waals surface area contributed by atoms with E-state index in [-0.39, 0.29) is 5.75 Å². The fraction of sp³-hybridized carbons (Fsp3) is 0.115. The maximum atomic E-state index is 10.00. The number of phenols is 1. The van der Waals surface area contributed by atoms with Crippen LogP contribution in [0.4, 0.5) is 0 Å². The maximum absolute atomic E-state index is 10.00. The molecule has 0 saturated carbocycles. The van der Waals surface area contributed by atoms with Crippen LogP contribution in [0.5, 0.6) is 23.0 Å². The van der Waals surface area contributed by atoms with Gasteiger partial charge in [-0.25, -0.2) is 4.98 Å². The monoisotopic (exact) mass is 413 g/mol. The number of benzene rings is 3. The number of ether oxygens (including phenoxy) is 3. The van der Waals surface area contributed by atoms with Gasteiger partial charge in [-0.05, 0) is 59.7 Å². The molecule has 0 amide bonds. The quantitative estimate of drug-likeness (QED) is 0.432. The summed E-state index contributed by atoms with van der Waals surface area (Å²) in [5.74, 6) is 2.04. The van der Waals surface area contributed by atoms with E-state index in [1.807, 2.05) is 72.8 Å². The summed E-state index contributed by atoms with van der Waals surface area (Å²) in [5, 5.41) is 10.00. The zero-order valence-corrected chi connectivity index (χ0v) is 17.6. The average molecular weight is 413 g/mol. The summed E-state index contributed by atoms with van der Waals surface area (Å²) in [5.41, 5.74) is 5.35. The molecule has 0 unspecified atom stereocenters. The first-order valence-corrected chi connectivity index (χ1v) is 9.79. The van der Waals surface area contributed by atoms with Gasteiger partial charge in [0.15, 0.2) is 11.5 Å². The number of rotatable bonds is 6. The Morgan fingerprint density at radius 2 is 1.16 bits per heavy atom. The van der Waals surface area contributed by atoms with Crippen LogP contribution in [0.25, 0.3) is 33.6 Å². The van der Waals surface area contributed by atoms with E-state index in [1.165, 1.54) is 7.11 Å². The molecule has 31 heavy (non-hydrogen) atoms. The average Bonchev–Trinajstić information content (AvgIpc) is 2.84. The number of phenolic OH excluding ortho intramolecular Hbond substituents is 1. The molecule has 0 atom stereocenters. The fourth-order valence-electron chi connectivity index (χ4n) is 3.41. The Morgan fingerprint density at radius 3 is 1.68 bits per heavy atom. The van der Waals surface area contributed by atoms with Crippen LogP contribution in [-0.2, 0) is 0 Å². The van der Waals surface area contributed by atoms with E-state index in [4.69, 9.17) is 19.2 Å². The van der Waals surface area contributed by atoms with Gasteiger partial charge in [-0.1, -0.05) is 30.3 Å². The van der Waals surface area contributed by atoms with Gasteiger partial charge in [0.25, 0.3) is 0 Å². The normalized spacial score (nSPS) is 10.5. The van der Waals surface area contributed by atoms with Crippen LogP contribution >= 0.6 is 0 Å². The second kappa shape index (κ2) is 8.79. The zero-order chi connectivity index (χ0) is 21.8. The zero-order valence-electron chi connectivity index (χ0n) is 17.6. The van der Waals surface area contributed by atoms with Crippen LogP contribution in [0.1, 0.15) is 0 Å². The van der Waals surface area contributed by atoms with Crippen molar-refractivity contribution in [3.8, 4) is 56.6 Å². The van der Waals surface area contributed by atoms with Crippen molar-refractivity contribution in [1.29, 1.82) is 0 Å². The fourth-order valence-corrected chi connectivity index (χ4v) is 3.41. The van der Waals surface area contributed by atoms with E-state index in [0.29, 0.717) is 5.75 Å². The number of aromatic hydroxyl groups is 1. The van der Waals surface area contributed by atoms with Crippen molar-refractivity contribution in [2.75, 3.05) is 21.3 Å². The molecule has 0 fully saturated rings. The van der Waals surface area contributed by atoms with Crippen LogP contribution in [0.3, 0.4) is 0 Å². The smallest absolute Gasteiger partial charge is 0.161 e. The number of hydrogen-bond donors (Lipinski definition) is 1. The molecule has 0 aliphatic heterocycles. The maximum Gasteiger partial charge on any atom is 0.161 e. The lowest BCUT2D eigenvalue weighted by atomic mass is 9.99. The van der Waals surface area contributed by atoms with Crippen LogP contribution in [0, 0.1) is 0 Å². The molecule has 1 N–H and O–H groups in total. The van der Waals surface area contributed by atoms with Crippen molar-refractivity contribution in [3.05, 3.63) is 78.9 Å². The van der Waals surface area contributed by atoms with Gasteiger partial charge in [0.05, 0.1) is 32.7 Å². The predicted molar refractivity (Wildman–Crippen MR) is 122 cm³/mol. The van der Waals surface area contributed by atoms with Gasteiger partial charge in [-0.3, -0.25) is 0 Å². The Hall–Kier alpha value is -3.99. The summed E-state index contributed by atoms with van der Waals surface area (Å²) in [6.07, 6.45) is 0. The lowest BCUT2D eigenvalue weighted by Gasteiger charge is -2.12. The Labute approximate surface area is 181 Å². The van der Waals surface area contributed by atoms with Gasteiger partial charge in [0.2, 0.25) is 0 Å². The van der Waals surface area contributed by atoms with Crippen LogP contribution in [0.2, 0.25) is 0 Å². The van der Waals surface area contributed by atoms with Crippen molar-refractivity contribution < 1.29 is 19.3 Å². The molecule has 0 radical (unpaired) electrons. The number of pyridine rings is 1. The molecule has 0 aliphatic rings. The molecular weight excluding hydrogens is 390 g/mol. The molecule has 156 valence electrons. The summed E-state index contributed by atoms with van der Waals surface area (Å²) < 4.78 is 16.1. The highest BCUT2D eigenvalue weighted by Gasteiger charge is 2.12. The molecule has 5 nitrogen and oxygen atoms in total. The van der Waals surface area contributed by atoms with Crippen LogP contribution in [0.15, 0.2) is 78.9 Å². The Bertz CT molecular complexity index is 1150. The highest BCUT2D eigenvalue weighted by molar-refractivity contribution is 5.78. The highest BCUT2D eigenvalue weighted by Crippen LogP contribution is 2.35. The minimum atomic E-state index is 0.0985. The van der Waals surface area contributed by atoms with Crippen molar-refractivity contribution in [2.24, 2.45) is 0 Å². The second-order valence-electron chi connectivity index (χ2n) is 6.98. The standard InChI is InChI=1S/C26H23NO4/c1-29-21-8-4-6-18(12-21)23-14-20(17-10-11-25(28)26(16-17)31-3)15-24(27-23)19-7-5-9-22(13-19)30-2/h4-16,28H,1-3H3. The van der Waals surface area contributed by atoms with Crippen LogP contribution < -0.4 is 14.2 Å². The van der Waals surface area contributed by atoms with Gasteiger partial charge in [0.1, 0.15) is 11.5 Å². The lowest BCUT2D eigenvalue weighted by molar-refractivity contribution is 0.373. The molecule has 1 aromatic heterocycles. The molecule has 0 bridgehead atoms. The van der Waals surface area contributed by atoms with Gasteiger partial charge in [-0.15, -0.1) is 0 Å². The Kier molecular flexibility index (Phi) is 5.76. The molecule has 5 heteroatoms. The van der Waals surface area contributed by atoms with E-state index in [2.05, 4.69) is 0 Å². The second-order valence-corrected chi connectivity index (χ2v) is 6.98. The van der Waals surface area contributed by atoms with E-state index >= 15 is 0 Å². The van der Waals surface area contributed by atoms with E-state index in [1.54, 1.807) is 20.3 Å². The van der Waals surface area contributed by atoms with E-state index in [9.17, 15) is 5.11 Å².